The molecule has 1 fully saturated rings. The second-order valence-corrected chi connectivity index (χ2v) is 9.20. The number of carbonyl (C=O) groups is 1. The van der Waals surface area contributed by atoms with Crippen LogP contribution in [-0.2, 0) is 10.0 Å². The van der Waals surface area contributed by atoms with E-state index in [9.17, 15) is 13.2 Å². The topological polar surface area (TPSA) is 82.6 Å². The number of aromatic nitrogens is 1. The van der Waals surface area contributed by atoms with E-state index in [1.54, 1.807) is 12.3 Å². The van der Waals surface area contributed by atoms with Crippen LogP contribution in [0.15, 0.2) is 42.6 Å². The van der Waals surface area contributed by atoms with Gasteiger partial charge < -0.3 is 10.2 Å². The molecular formula is C18H20Cl2N4O3S. The molecule has 150 valence electrons. The maximum absolute atomic E-state index is 12.6. The highest BCUT2D eigenvalue weighted by atomic mass is 35.5. The van der Waals surface area contributed by atoms with Crippen LogP contribution in [-0.4, -0.2) is 62.1 Å². The first-order valence-electron chi connectivity index (χ1n) is 8.74. The van der Waals surface area contributed by atoms with Crippen molar-refractivity contribution in [2.24, 2.45) is 0 Å². The van der Waals surface area contributed by atoms with Gasteiger partial charge in [0.25, 0.3) is 5.91 Å². The second kappa shape index (κ2) is 9.09. The van der Waals surface area contributed by atoms with E-state index < -0.39 is 15.9 Å². The van der Waals surface area contributed by atoms with Crippen LogP contribution in [0.1, 0.15) is 10.4 Å². The van der Waals surface area contributed by atoms with Crippen molar-refractivity contribution in [2.75, 3.05) is 43.4 Å². The Labute approximate surface area is 174 Å². The number of halogens is 2. The summed E-state index contributed by atoms with van der Waals surface area (Å²) in [6.07, 6.45) is 1.72. The molecule has 1 aromatic carbocycles. The number of benzene rings is 1. The zero-order valence-electron chi connectivity index (χ0n) is 15.0. The highest BCUT2D eigenvalue weighted by molar-refractivity contribution is 7.89. The van der Waals surface area contributed by atoms with Crippen LogP contribution >= 0.6 is 23.2 Å². The van der Waals surface area contributed by atoms with Gasteiger partial charge in [-0.05, 0) is 30.3 Å². The van der Waals surface area contributed by atoms with Crippen LogP contribution < -0.4 is 10.2 Å². The molecule has 2 aromatic rings. The third kappa shape index (κ3) is 5.14. The monoisotopic (exact) mass is 442 g/mol. The summed E-state index contributed by atoms with van der Waals surface area (Å²) in [5.74, 6) is 0.202. The number of hydrogen-bond acceptors (Lipinski definition) is 5. The Kier molecular flexibility index (Phi) is 6.77. The number of nitrogens with one attached hydrogen (secondary N) is 1. The number of rotatable bonds is 6. The van der Waals surface area contributed by atoms with Gasteiger partial charge in [-0.1, -0.05) is 29.3 Å². The van der Waals surface area contributed by atoms with Crippen LogP contribution in [0.25, 0.3) is 0 Å². The molecule has 1 aliphatic heterocycles. The Morgan fingerprint density at radius 2 is 1.86 bits per heavy atom. The van der Waals surface area contributed by atoms with Gasteiger partial charge in [-0.25, -0.2) is 13.4 Å². The SMILES string of the molecule is O=C(NCCS(=O)(=O)N1CCN(c2ccccn2)CC1)c1cc(Cl)ccc1Cl. The summed E-state index contributed by atoms with van der Waals surface area (Å²) in [7, 11) is -3.47. The molecule has 0 saturated carbocycles. The van der Waals surface area contributed by atoms with Crippen LogP contribution in [0.5, 0.6) is 0 Å². The molecule has 1 saturated heterocycles. The minimum atomic E-state index is -3.47. The van der Waals surface area contributed by atoms with Gasteiger partial charge in [0.15, 0.2) is 0 Å². The minimum Gasteiger partial charge on any atom is -0.354 e. The fraction of sp³-hybridized carbons (Fsp3) is 0.333. The van der Waals surface area contributed by atoms with E-state index in [1.807, 2.05) is 18.2 Å². The lowest BCUT2D eigenvalue weighted by atomic mass is 10.2. The molecule has 7 nitrogen and oxygen atoms in total. The summed E-state index contributed by atoms with van der Waals surface area (Å²) in [5.41, 5.74) is 0.218. The summed E-state index contributed by atoms with van der Waals surface area (Å²) >= 11 is 11.9. The fourth-order valence-electron chi connectivity index (χ4n) is 2.93. The van der Waals surface area contributed by atoms with E-state index in [0.29, 0.717) is 31.2 Å². The molecule has 0 atom stereocenters. The van der Waals surface area contributed by atoms with Crippen molar-refractivity contribution in [3.63, 3.8) is 0 Å². The lowest BCUT2D eigenvalue weighted by molar-refractivity contribution is 0.0956. The lowest BCUT2D eigenvalue weighted by Gasteiger charge is -2.34. The molecule has 0 radical (unpaired) electrons. The average Bonchev–Trinajstić information content (AvgIpc) is 2.70. The van der Waals surface area contributed by atoms with Gasteiger partial charge in [0.2, 0.25) is 10.0 Å². The van der Waals surface area contributed by atoms with Crippen LogP contribution in [0.3, 0.4) is 0 Å². The number of carbonyl (C=O) groups excluding carboxylic acids is 1. The van der Waals surface area contributed by atoms with Crippen molar-refractivity contribution in [1.29, 1.82) is 0 Å². The quantitative estimate of drug-likeness (QED) is 0.741. The summed E-state index contributed by atoms with van der Waals surface area (Å²) in [5, 5.41) is 3.23. The van der Waals surface area contributed by atoms with Crippen LogP contribution in [0, 0.1) is 0 Å². The Hall–Kier alpha value is -1.87. The van der Waals surface area contributed by atoms with Crippen LogP contribution in [0.2, 0.25) is 10.0 Å². The molecule has 3 rings (SSSR count). The summed E-state index contributed by atoms with van der Waals surface area (Å²) in [4.78, 5) is 18.5. The first-order valence-corrected chi connectivity index (χ1v) is 11.1. The van der Waals surface area contributed by atoms with Gasteiger partial charge in [-0.15, -0.1) is 0 Å². The largest absolute Gasteiger partial charge is 0.354 e. The number of pyridine rings is 1. The predicted molar refractivity (Wildman–Crippen MR) is 111 cm³/mol. The molecule has 0 unspecified atom stereocenters. The van der Waals surface area contributed by atoms with Gasteiger partial charge in [0.1, 0.15) is 5.82 Å². The fourth-order valence-corrected chi connectivity index (χ4v) is 4.64. The van der Waals surface area contributed by atoms with Gasteiger partial charge in [0.05, 0.1) is 16.3 Å². The Morgan fingerprint density at radius 3 is 2.54 bits per heavy atom. The maximum atomic E-state index is 12.6. The van der Waals surface area contributed by atoms with E-state index in [-0.39, 0.29) is 22.9 Å². The third-order valence-corrected chi connectivity index (χ3v) is 6.86. The van der Waals surface area contributed by atoms with Gasteiger partial charge in [-0.3, -0.25) is 4.79 Å². The van der Waals surface area contributed by atoms with E-state index in [2.05, 4.69) is 15.2 Å². The number of anilines is 1. The molecule has 1 aliphatic rings. The predicted octanol–water partition coefficient (Wildman–Crippen LogP) is 2.27. The molecule has 0 spiro atoms. The van der Waals surface area contributed by atoms with Crippen molar-refractivity contribution in [1.82, 2.24) is 14.6 Å². The maximum Gasteiger partial charge on any atom is 0.252 e. The van der Waals surface area contributed by atoms with Crippen LogP contribution in [0.4, 0.5) is 5.82 Å². The first-order chi connectivity index (χ1) is 13.4. The third-order valence-electron chi connectivity index (χ3n) is 4.42. The zero-order valence-corrected chi connectivity index (χ0v) is 17.3. The van der Waals surface area contributed by atoms with Gasteiger partial charge >= 0.3 is 0 Å². The molecule has 2 heterocycles. The Morgan fingerprint density at radius 1 is 1.11 bits per heavy atom. The molecule has 0 bridgehead atoms. The molecule has 28 heavy (non-hydrogen) atoms. The van der Waals surface area contributed by atoms with E-state index in [1.165, 1.54) is 16.4 Å². The van der Waals surface area contributed by atoms with Gasteiger partial charge in [-0.2, -0.15) is 4.31 Å². The summed E-state index contributed by atoms with van der Waals surface area (Å²) < 4.78 is 26.6. The molecule has 0 aliphatic carbocycles. The van der Waals surface area contributed by atoms with Crippen molar-refractivity contribution in [3.8, 4) is 0 Å². The highest BCUT2D eigenvalue weighted by Gasteiger charge is 2.27. The lowest BCUT2D eigenvalue weighted by Crippen LogP contribution is -2.50. The number of hydrogen-bond donors (Lipinski definition) is 1. The van der Waals surface area contributed by atoms with Gasteiger partial charge in [0, 0.05) is 43.9 Å². The molecule has 10 heteroatoms. The second-order valence-electron chi connectivity index (χ2n) is 6.27. The van der Waals surface area contributed by atoms with E-state index >= 15 is 0 Å². The number of nitrogens with zero attached hydrogens (tertiary/aromatic N) is 3. The van der Waals surface area contributed by atoms with E-state index in [0.717, 1.165) is 5.82 Å². The van der Waals surface area contributed by atoms with Crippen molar-refractivity contribution in [2.45, 2.75) is 0 Å². The normalized spacial score (nSPS) is 15.4. The van der Waals surface area contributed by atoms with E-state index in [4.69, 9.17) is 23.2 Å². The Balaban J connectivity index is 1.51. The molecule has 1 N–H and O–H groups in total. The Bertz CT molecular complexity index is 933. The molecular weight excluding hydrogens is 423 g/mol. The smallest absolute Gasteiger partial charge is 0.252 e. The molecule has 1 aromatic heterocycles. The van der Waals surface area contributed by atoms with Crippen molar-refractivity contribution in [3.05, 3.63) is 58.2 Å². The van der Waals surface area contributed by atoms with Crippen molar-refractivity contribution >= 4 is 45.0 Å². The summed E-state index contributed by atoms with van der Waals surface area (Å²) in [6, 6.07) is 10.2. The first kappa shape index (κ1) is 20.9. The van der Waals surface area contributed by atoms with Crippen molar-refractivity contribution < 1.29 is 13.2 Å². The number of amides is 1. The summed E-state index contributed by atoms with van der Waals surface area (Å²) in [6.45, 7) is 1.89. The zero-order chi connectivity index (χ0) is 20.1. The minimum absolute atomic E-state index is 0.00946. The number of piperazine rings is 1. The average molecular weight is 443 g/mol. The standard InChI is InChI=1S/C18H20Cl2N4O3S/c19-14-4-5-16(20)15(13-14)18(25)22-7-12-28(26,27)24-10-8-23(9-11-24)17-3-1-2-6-21-17/h1-6,13H,7-12H2,(H,22,25). The number of sulfonamides is 1. The highest BCUT2D eigenvalue weighted by Crippen LogP contribution is 2.20. The molecule has 1 amide bonds.